The van der Waals surface area contributed by atoms with Crippen LogP contribution in [-0.2, 0) is 33.3 Å². The van der Waals surface area contributed by atoms with Crippen molar-refractivity contribution in [2.45, 2.75) is 70.5 Å². The zero-order valence-electron chi connectivity index (χ0n) is 22.2. The van der Waals surface area contributed by atoms with Gasteiger partial charge in [0.05, 0.1) is 17.4 Å². The zero-order valence-corrected chi connectivity index (χ0v) is 23.7. The molecule has 1 rings (SSSR count). The normalized spacial score (nSPS) is 18.6. The van der Waals surface area contributed by atoms with E-state index in [1.54, 1.807) is 27.7 Å². The molecule has 0 bridgehead atoms. The van der Waals surface area contributed by atoms with Crippen LogP contribution in [0.1, 0.15) is 66.2 Å². The van der Waals surface area contributed by atoms with E-state index in [4.69, 9.17) is 24.7 Å². The lowest BCUT2D eigenvalue weighted by Crippen LogP contribution is -2.45. The maximum Gasteiger partial charge on any atom is 0.322 e. The van der Waals surface area contributed by atoms with Crippen LogP contribution in [0.5, 0.6) is 0 Å². The van der Waals surface area contributed by atoms with Crippen LogP contribution in [0.2, 0.25) is 0 Å². The Hall–Kier alpha value is -1.23. The number of alkyl halides is 1. The molecule has 2 atom stereocenters. The van der Waals surface area contributed by atoms with Crippen molar-refractivity contribution < 1.29 is 33.3 Å². The Bertz CT molecular complexity index is 679. The Kier molecular flexibility index (Phi) is 13.7. The first-order chi connectivity index (χ1) is 16.4. The number of nitrogens with zero attached hydrogens (tertiary/aromatic N) is 1. The van der Waals surface area contributed by atoms with Gasteiger partial charge in [-0.15, -0.1) is 0 Å². The van der Waals surface area contributed by atoms with Gasteiger partial charge in [0, 0.05) is 20.2 Å². The zero-order chi connectivity index (χ0) is 26.5. The maximum atomic E-state index is 13.4. The smallest absolute Gasteiger partial charge is 0.322 e. The van der Waals surface area contributed by atoms with Crippen molar-refractivity contribution >= 4 is 33.8 Å². The van der Waals surface area contributed by atoms with Gasteiger partial charge in [0.15, 0.2) is 0 Å². The van der Waals surface area contributed by atoms with Crippen molar-refractivity contribution in [1.82, 2.24) is 4.90 Å². The van der Waals surface area contributed by atoms with Gasteiger partial charge >= 0.3 is 17.9 Å². The Balaban J connectivity index is 2.98. The van der Waals surface area contributed by atoms with Crippen LogP contribution in [0.25, 0.3) is 0 Å². The van der Waals surface area contributed by atoms with Gasteiger partial charge in [-0.1, -0.05) is 28.8 Å². The molecule has 10 heteroatoms. The molecular weight excluding hydrogens is 520 g/mol. The number of methoxy groups -OCH3 is 1. The number of nitrogens with two attached hydrogens (primary N) is 1. The molecule has 1 fully saturated rings. The molecule has 0 spiro atoms. The van der Waals surface area contributed by atoms with Crippen LogP contribution in [0.15, 0.2) is 0 Å². The second-order valence-corrected chi connectivity index (χ2v) is 12.2. The minimum absolute atomic E-state index is 0.0702. The van der Waals surface area contributed by atoms with Gasteiger partial charge in [0.25, 0.3) is 0 Å². The second-order valence-electron chi connectivity index (χ2n) is 10.4. The standard InChI is InChI=1S/C25H45BrN2O7/c1-23(2,20(29)35-17-16-32-5)18-24(3,19-25(4,26)22(31)33-14-10-27)21(30)34-15-13-28-11-8-6-7-9-12-28/h6-19,27H2,1-5H3. The van der Waals surface area contributed by atoms with Crippen LogP contribution in [0.3, 0.4) is 0 Å². The molecule has 2 unspecified atom stereocenters. The number of rotatable bonds is 15. The SMILES string of the molecule is COCCOC(=O)C(C)(C)CC(C)(CC(C)(Br)C(=O)OCCN)C(=O)OCCN1CCCCCC1. The molecule has 0 aliphatic carbocycles. The number of esters is 3. The fraction of sp³-hybridized carbons (Fsp3) is 0.880. The average Bonchev–Trinajstić information content (AvgIpc) is 3.05. The van der Waals surface area contributed by atoms with E-state index in [0.29, 0.717) is 6.54 Å². The van der Waals surface area contributed by atoms with E-state index in [9.17, 15) is 14.4 Å². The maximum absolute atomic E-state index is 13.4. The predicted molar refractivity (Wildman–Crippen MR) is 137 cm³/mol. The van der Waals surface area contributed by atoms with Crippen molar-refractivity contribution in [1.29, 1.82) is 0 Å². The fourth-order valence-electron chi connectivity index (χ4n) is 4.58. The van der Waals surface area contributed by atoms with Crippen LogP contribution >= 0.6 is 15.9 Å². The van der Waals surface area contributed by atoms with Gasteiger partial charge < -0.3 is 24.7 Å². The molecule has 0 radical (unpaired) electrons. The molecule has 1 saturated heterocycles. The van der Waals surface area contributed by atoms with Crippen molar-refractivity contribution in [2.24, 2.45) is 16.6 Å². The third-order valence-corrected chi connectivity index (χ3v) is 6.84. The minimum atomic E-state index is -1.17. The quantitative estimate of drug-likeness (QED) is 0.138. The lowest BCUT2D eigenvalue weighted by molar-refractivity contribution is -0.165. The molecule has 1 aliphatic rings. The molecule has 1 aliphatic heterocycles. The van der Waals surface area contributed by atoms with E-state index < -0.39 is 33.1 Å². The number of likely N-dealkylation sites (tertiary alicyclic amines) is 1. The second kappa shape index (κ2) is 15.1. The summed E-state index contributed by atoms with van der Waals surface area (Å²) in [6, 6.07) is 0. The number of halogens is 1. The summed E-state index contributed by atoms with van der Waals surface area (Å²) in [7, 11) is 1.53. The number of carbonyl (C=O) groups excluding carboxylic acids is 3. The van der Waals surface area contributed by atoms with E-state index in [0.717, 1.165) is 25.9 Å². The topological polar surface area (TPSA) is 117 Å². The number of hydrogen-bond donors (Lipinski definition) is 1. The Labute approximate surface area is 218 Å². The molecule has 0 amide bonds. The molecular formula is C25H45BrN2O7. The number of ether oxygens (including phenoxy) is 4. The first-order valence-corrected chi connectivity index (χ1v) is 13.3. The van der Waals surface area contributed by atoms with Gasteiger partial charge in [0.2, 0.25) is 0 Å². The van der Waals surface area contributed by atoms with Crippen LogP contribution in [0, 0.1) is 10.8 Å². The molecule has 35 heavy (non-hydrogen) atoms. The summed E-state index contributed by atoms with van der Waals surface area (Å²) >= 11 is 3.45. The van der Waals surface area contributed by atoms with E-state index in [1.165, 1.54) is 20.0 Å². The summed E-state index contributed by atoms with van der Waals surface area (Å²) < 4.78 is 20.1. The van der Waals surface area contributed by atoms with Crippen LogP contribution < -0.4 is 5.73 Å². The van der Waals surface area contributed by atoms with E-state index in [1.807, 2.05) is 0 Å². The summed E-state index contributed by atoms with van der Waals surface area (Å²) in [4.78, 5) is 41.2. The number of hydrogen-bond acceptors (Lipinski definition) is 9. The fourth-order valence-corrected chi connectivity index (χ4v) is 5.31. The van der Waals surface area contributed by atoms with E-state index in [-0.39, 0.29) is 45.8 Å². The highest BCUT2D eigenvalue weighted by Crippen LogP contribution is 2.44. The highest BCUT2D eigenvalue weighted by Gasteiger charge is 2.49. The largest absolute Gasteiger partial charge is 0.464 e. The van der Waals surface area contributed by atoms with Crippen LogP contribution in [-0.4, -0.2) is 86.8 Å². The van der Waals surface area contributed by atoms with Crippen molar-refractivity contribution in [3.05, 3.63) is 0 Å². The Morgan fingerprint density at radius 2 is 1.37 bits per heavy atom. The first-order valence-electron chi connectivity index (χ1n) is 12.5. The van der Waals surface area contributed by atoms with Crippen molar-refractivity contribution in [3.63, 3.8) is 0 Å². The molecule has 2 N–H and O–H groups in total. The molecule has 0 aromatic rings. The van der Waals surface area contributed by atoms with Crippen LogP contribution in [0.4, 0.5) is 0 Å². The van der Waals surface area contributed by atoms with Gasteiger partial charge in [-0.05, 0) is 66.5 Å². The summed E-state index contributed by atoms with van der Waals surface area (Å²) in [6.07, 6.45) is 4.96. The molecule has 0 aromatic carbocycles. The average molecular weight is 566 g/mol. The van der Waals surface area contributed by atoms with E-state index in [2.05, 4.69) is 20.8 Å². The molecule has 0 aromatic heterocycles. The molecule has 204 valence electrons. The van der Waals surface area contributed by atoms with Crippen molar-refractivity contribution in [2.75, 3.05) is 59.7 Å². The Morgan fingerprint density at radius 3 is 1.94 bits per heavy atom. The lowest BCUT2D eigenvalue weighted by Gasteiger charge is -2.38. The molecule has 1 heterocycles. The van der Waals surface area contributed by atoms with Gasteiger partial charge in [-0.25, -0.2) is 0 Å². The van der Waals surface area contributed by atoms with Gasteiger partial charge in [-0.2, -0.15) is 0 Å². The molecule has 0 saturated carbocycles. The highest BCUT2D eigenvalue weighted by molar-refractivity contribution is 9.10. The third kappa shape index (κ3) is 11.1. The van der Waals surface area contributed by atoms with Gasteiger partial charge in [-0.3, -0.25) is 19.3 Å². The number of carbonyl (C=O) groups is 3. The monoisotopic (exact) mass is 564 g/mol. The third-order valence-electron chi connectivity index (χ3n) is 6.24. The lowest BCUT2D eigenvalue weighted by atomic mass is 9.69. The van der Waals surface area contributed by atoms with Gasteiger partial charge in [0.1, 0.15) is 24.1 Å². The summed E-state index contributed by atoms with van der Waals surface area (Å²) in [5.41, 5.74) is 3.29. The summed E-state index contributed by atoms with van der Waals surface area (Å²) in [6.45, 7) is 10.4. The predicted octanol–water partition coefficient (Wildman–Crippen LogP) is 3.06. The minimum Gasteiger partial charge on any atom is -0.464 e. The Morgan fingerprint density at radius 1 is 0.800 bits per heavy atom. The molecule has 9 nitrogen and oxygen atoms in total. The summed E-state index contributed by atoms with van der Waals surface area (Å²) in [5, 5.41) is 0. The summed E-state index contributed by atoms with van der Waals surface area (Å²) in [5.74, 6) is -1.42. The van der Waals surface area contributed by atoms with E-state index >= 15 is 0 Å². The first kappa shape index (κ1) is 31.8. The van der Waals surface area contributed by atoms with Crippen molar-refractivity contribution in [3.8, 4) is 0 Å². The highest BCUT2D eigenvalue weighted by atomic mass is 79.9.